The maximum absolute atomic E-state index is 6.12. The highest BCUT2D eigenvalue weighted by Crippen LogP contribution is 2.34. The molecule has 0 aromatic rings. The molecule has 0 aromatic heterocycles. The van der Waals surface area contributed by atoms with Gasteiger partial charge in [-0.1, -0.05) is 72.1 Å². The van der Waals surface area contributed by atoms with Gasteiger partial charge in [-0.05, 0) is 24.7 Å². The van der Waals surface area contributed by atoms with Crippen molar-refractivity contribution in [2.45, 2.75) is 91.4 Å². The molecule has 0 atom stereocenters. The van der Waals surface area contributed by atoms with Gasteiger partial charge in [0.1, 0.15) is 0 Å². The normalized spacial score (nSPS) is 12.0. The largest absolute Gasteiger partial charge is 0.126 e. The minimum absolute atomic E-state index is 0.434. The van der Waals surface area contributed by atoms with Gasteiger partial charge in [0.05, 0.1) is 0 Å². The Bertz CT molecular complexity index is 141. The van der Waals surface area contributed by atoms with E-state index in [0.29, 0.717) is 5.41 Å². The number of hydrogen-bond acceptors (Lipinski definition) is 0. The van der Waals surface area contributed by atoms with Gasteiger partial charge in [-0.25, -0.2) is 0 Å². The van der Waals surface area contributed by atoms with Crippen LogP contribution in [-0.2, 0) is 0 Å². The lowest BCUT2D eigenvalue weighted by Crippen LogP contribution is -2.20. The van der Waals surface area contributed by atoms with Crippen LogP contribution in [0.3, 0.4) is 0 Å². The number of rotatable bonds is 12. The number of halogens is 1. The minimum Gasteiger partial charge on any atom is -0.126 e. The topological polar surface area (TPSA) is 0 Å². The van der Waals surface area contributed by atoms with Gasteiger partial charge in [0.2, 0.25) is 0 Å². The first kappa shape index (κ1) is 17.3. The van der Waals surface area contributed by atoms with Crippen molar-refractivity contribution in [3.63, 3.8) is 0 Å². The highest BCUT2D eigenvalue weighted by atomic mass is 35.5. The van der Waals surface area contributed by atoms with Crippen LogP contribution in [0.25, 0.3) is 0 Å². The van der Waals surface area contributed by atoms with E-state index in [4.69, 9.17) is 11.6 Å². The summed E-state index contributed by atoms with van der Waals surface area (Å²) in [5, 5.41) is 0. The first-order valence-electron chi connectivity index (χ1n) is 7.80. The maximum atomic E-state index is 6.12. The first-order chi connectivity index (χ1) is 8.24. The van der Waals surface area contributed by atoms with Gasteiger partial charge in [-0.3, -0.25) is 0 Å². The quantitative estimate of drug-likeness (QED) is 0.275. The summed E-state index contributed by atoms with van der Waals surface area (Å²) in [4.78, 5) is 0. The molecular formula is C16H33Cl. The number of alkyl halides is 1. The average molecular weight is 261 g/mol. The monoisotopic (exact) mass is 260 g/mol. The van der Waals surface area contributed by atoms with Crippen LogP contribution in [0, 0.1) is 5.41 Å². The third kappa shape index (κ3) is 8.08. The van der Waals surface area contributed by atoms with Gasteiger partial charge in [-0.2, -0.15) is 0 Å². The fourth-order valence-corrected chi connectivity index (χ4v) is 3.00. The van der Waals surface area contributed by atoms with Crippen molar-refractivity contribution in [1.82, 2.24) is 0 Å². The zero-order valence-electron chi connectivity index (χ0n) is 12.4. The third-order valence-electron chi connectivity index (χ3n) is 4.34. The molecule has 0 nitrogen and oxygen atoms in total. The molecule has 1 heteroatoms. The second-order valence-electron chi connectivity index (χ2n) is 5.57. The van der Waals surface area contributed by atoms with E-state index >= 15 is 0 Å². The van der Waals surface area contributed by atoms with Crippen LogP contribution in [-0.4, -0.2) is 5.88 Å². The fourth-order valence-electron chi connectivity index (χ4n) is 2.49. The van der Waals surface area contributed by atoms with E-state index in [1.165, 1.54) is 70.6 Å². The summed E-state index contributed by atoms with van der Waals surface area (Å²) in [6, 6.07) is 0. The Morgan fingerprint density at radius 3 is 1.59 bits per heavy atom. The third-order valence-corrected chi connectivity index (χ3v) is 4.91. The lowest BCUT2D eigenvalue weighted by molar-refractivity contribution is 0.267. The Kier molecular flexibility index (Phi) is 11.6. The molecule has 0 amide bonds. The summed E-state index contributed by atoms with van der Waals surface area (Å²) in [5.74, 6) is 0.844. The summed E-state index contributed by atoms with van der Waals surface area (Å²) in [7, 11) is 0. The lowest BCUT2D eigenvalue weighted by Gasteiger charge is -2.29. The second kappa shape index (κ2) is 11.4. The van der Waals surface area contributed by atoms with Crippen molar-refractivity contribution in [2.24, 2.45) is 5.41 Å². The zero-order valence-corrected chi connectivity index (χ0v) is 13.1. The molecule has 0 fully saturated rings. The van der Waals surface area contributed by atoms with Crippen LogP contribution in [0.2, 0.25) is 0 Å². The molecule has 104 valence electrons. The molecule has 0 aliphatic carbocycles. The average Bonchev–Trinajstić information content (AvgIpc) is 2.38. The van der Waals surface area contributed by atoms with Crippen LogP contribution in [0.1, 0.15) is 91.4 Å². The molecule has 0 aliphatic heterocycles. The summed E-state index contributed by atoms with van der Waals surface area (Å²) in [6.45, 7) is 6.86. The van der Waals surface area contributed by atoms with Crippen molar-refractivity contribution < 1.29 is 0 Å². The van der Waals surface area contributed by atoms with Gasteiger partial charge in [0.25, 0.3) is 0 Å². The van der Waals surface area contributed by atoms with Gasteiger partial charge >= 0.3 is 0 Å². The van der Waals surface area contributed by atoms with E-state index in [2.05, 4.69) is 20.8 Å². The van der Waals surface area contributed by atoms with E-state index in [1.54, 1.807) is 0 Å². The highest BCUT2D eigenvalue weighted by Gasteiger charge is 2.23. The van der Waals surface area contributed by atoms with Gasteiger partial charge in [0, 0.05) is 5.88 Å². The van der Waals surface area contributed by atoms with Crippen LogP contribution < -0.4 is 0 Å². The van der Waals surface area contributed by atoms with Crippen LogP contribution in [0.4, 0.5) is 0 Å². The van der Waals surface area contributed by atoms with E-state index in [0.717, 1.165) is 5.88 Å². The predicted octanol–water partition coefficient (Wildman–Crippen LogP) is 6.56. The second-order valence-corrected chi connectivity index (χ2v) is 5.83. The standard InChI is InChI=1S/C16H33Cl/c1-4-7-8-9-10-11-12-13-14-16(5-2,6-3)15-17/h4-15H2,1-3H3. The molecule has 0 heterocycles. The van der Waals surface area contributed by atoms with E-state index in [1.807, 2.05) is 0 Å². The Hall–Kier alpha value is 0.290. The fraction of sp³-hybridized carbons (Fsp3) is 1.00. The highest BCUT2D eigenvalue weighted by molar-refractivity contribution is 6.18. The molecule has 0 rings (SSSR count). The lowest BCUT2D eigenvalue weighted by atomic mass is 9.79. The molecule has 17 heavy (non-hydrogen) atoms. The summed E-state index contributed by atoms with van der Waals surface area (Å²) in [6.07, 6.45) is 15.1. The Morgan fingerprint density at radius 1 is 0.706 bits per heavy atom. The maximum Gasteiger partial charge on any atom is 0.0279 e. The molecule has 0 aliphatic rings. The molecule has 0 bridgehead atoms. The minimum atomic E-state index is 0.434. The first-order valence-corrected chi connectivity index (χ1v) is 8.34. The molecule has 0 saturated heterocycles. The van der Waals surface area contributed by atoms with Crippen molar-refractivity contribution in [1.29, 1.82) is 0 Å². The van der Waals surface area contributed by atoms with Crippen molar-refractivity contribution in [3.05, 3.63) is 0 Å². The van der Waals surface area contributed by atoms with E-state index in [9.17, 15) is 0 Å². The Labute approximate surface area is 115 Å². The smallest absolute Gasteiger partial charge is 0.0279 e. The predicted molar refractivity (Wildman–Crippen MR) is 81.0 cm³/mol. The van der Waals surface area contributed by atoms with Gasteiger partial charge in [0.15, 0.2) is 0 Å². The van der Waals surface area contributed by atoms with Crippen molar-refractivity contribution >= 4 is 11.6 Å². The molecule has 0 saturated carbocycles. The summed E-state index contributed by atoms with van der Waals surface area (Å²) >= 11 is 6.12. The van der Waals surface area contributed by atoms with Crippen LogP contribution in [0.5, 0.6) is 0 Å². The number of unbranched alkanes of at least 4 members (excludes halogenated alkanes) is 7. The Balaban J connectivity index is 3.43. The molecule has 0 N–H and O–H groups in total. The summed E-state index contributed by atoms with van der Waals surface area (Å²) < 4.78 is 0. The zero-order chi connectivity index (χ0) is 13.0. The molecule has 0 radical (unpaired) electrons. The molecule has 0 unspecified atom stereocenters. The molecule has 0 aromatic carbocycles. The van der Waals surface area contributed by atoms with Crippen molar-refractivity contribution in [3.8, 4) is 0 Å². The molecular weight excluding hydrogens is 228 g/mol. The van der Waals surface area contributed by atoms with E-state index in [-0.39, 0.29) is 0 Å². The number of hydrogen-bond donors (Lipinski definition) is 0. The van der Waals surface area contributed by atoms with Gasteiger partial charge in [-0.15, -0.1) is 11.6 Å². The Morgan fingerprint density at radius 2 is 1.18 bits per heavy atom. The molecule has 0 spiro atoms. The van der Waals surface area contributed by atoms with Gasteiger partial charge < -0.3 is 0 Å². The van der Waals surface area contributed by atoms with E-state index < -0.39 is 0 Å². The van der Waals surface area contributed by atoms with Crippen LogP contribution in [0.15, 0.2) is 0 Å². The SMILES string of the molecule is CCCCCCCCCCC(CC)(CC)CCl. The summed E-state index contributed by atoms with van der Waals surface area (Å²) in [5.41, 5.74) is 0.434. The van der Waals surface area contributed by atoms with Crippen LogP contribution >= 0.6 is 11.6 Å². The van der Waals surface area contributed by atoms with Crippen molar-refractivity contribution in [2.75, 3.05) is 5.88 Å².